The largest absolute Gasteiger partial charge is 0.361 e. The van der Waals surface area contributed by atoms with Gasteiger partial charge in [-0.15, -0.1) is 12.4 Å². The average molecular weight is 260 g/mol. The number of likely N-dealkylation sites (N-methyl/N-ethyl adjacent to an activating group) is 1. The first-order valence-corrected chi connectivity index (χ1v) is 6.02. The lowest BCUT2D eigenvalue weighted by molar-refractivity contribution is 0.240. The number of nitrogens with zero attached hydrogens (tertiary/aromatic N) is 2. The summed E-state index contributed by atoms with van der Waals surface area (Å²) in [7, 11) is 2.02. The van der Waals surface area contributed by atoms with E-state index in [0.29, 0.717) is 6.04 Å². The number of aryl methyl sites for hydroxylation is 2. The summed E-state index contributed by atoms with van der Waals surface area (Å²) in [6, 6.07) is 0.665. The van der Waals surface area contributed by atoms with E-state index >= 15 is 0 Å². The molecule has 0 aliphatic carbocycles. The molecule has 2 heterocycles. The minimum absolute atomic E-state index is 0. The van der Waals surface area contributed by atoms with E-state index in [0.717, 1.165) is 24.5 Å². The standard InChI is InChI=1S/C12H21N3O.ClH/c1-9-12(10(2)16-14-9)8-15-6-4-5-11(15)7-13-3;/h11,13H,4-8H2,1-3H3;1H. The molecule has 1 saturated heterocycles. The summed E-state index contributed by atoms with van der Waals surface area (Å²) in [5.74, 6) is 0.965. The van der Waals surface area contributed by atoms with Crippen molar-refractivity contribution >= 4 is 12.4 Å². The van der Waals surface area contributed by atoms with Gasteiger partial charge in [0.15, 0.2) is 0 Å². The maximum absolute atomic E-state index is 5.21. The number of halogens is 1. The van der Waals surface area contributed by atoms with Crippen LogP contribution >= 0.6 is 12.4 Å². The quantitative estimate of drug-likeness (QED) is 0.897. The number of nitrogens with one attached hydrogen (secondary N) is 1. The molecule has 1 aliphatic rings. The third kappa shape index (κ3) is 3.21. The van der Waals surface area contributed by atoms with Gasteiger partial charge in [0.25, 0.3) is 0 Å². The minimum atomic E-state index is 0. The average Bonchev–Trinajstić information content (AvgIpc) is 2.81. The molecule has 2 rings (SSSR count). The fourth-order valence-corrected chi connectivity index (χ4v) is 2.50. The smallest absolute Gasteiger partial charge is 0.138 e. The van der Waals surface area contributed by atoms with Crippen molar-refractivity contribution in [3.8, 4) is 0 Å². The summed E-state index contributed by atoms with van der Waals surface area (Å²) in [5.41, 5.74) is 2.30. The van der Waals surface area contributed by atoms with Gasteiger partial charge in [-0.25, -0.2) is 0 Å². The molecular weight excluding hydrogens is 238 g/mol. The van der Waals surface area contributed by atoms with Crippen molar-refractivity contribution in [1.82, 2.24) is 15.4 Å². The molecule has 5 heteroatoms. The van der Waals surface area contributed by atoms with Crippen LogP contribution in [0.2, 0.25) is 0 Å². The lowest BCUT2D eigenvalue weighted by Gasteiger charge is -2.23. The highest BCUT2D eigenvalue weighted by Gasteiger charge is 2.25. The molecule has 17 heavy (non-hydrogen) atoms. The van der Waals surface area contributed by atoms with Gasteiger partial charge in [0.05, 0.1) is 5.69 Å². The van der Waals surface area contributed by atoms with Crippen molar-refractivity contribution in [2.24, 2.45) is 0 Å². The molecule has 1 N–H and O–H groups in total. The van der Waals surface area contributed by atoms with E-state index in [9.17, 15) is 0 Å². The first kappa shape index (κ1) is 14.5. The molecule has 1 atom stereocenters. The zero-order valence-electron chi connectivity index (χ0n) is 10.8. The van der Waals surface area contributed by atoms with Crippen molar-refractivity contribution in [2.45, 2.75) is 39.3 Å². The number of rotatable bonds is 4. The van der Waals surface area contributed by atoms with Gasteiger partial charge in [0, 0.05) is 24.7 Å². The van der Waals surface area contributed by atoms with Gasteiger partial charge in [-0.1, -0.05) is 5.16 Å². The summed E-state index contributed by atoms with van der Waals surface area (Å²) < 4.78 is 5.21. The molecular formula is C12H22ClN3O. The molecule has 1 aromatic rings. The van der Waals surface area contributed by atoms with Gasteiger partial charge < -0.3 is 9.84 Å². The Morgan fingerprint density at radius 3 is 2.82 bits per heavy atom. The molecule has 0 aromatic carbocycles. The van der Waals surface area contributed by atoms with E-state index in [1.54, 1.807) is 0 Å². The Bertz CT molecular complexity index is 334. The van der Waals surface area contributed by atoms with E-state index < -0.39 is 0 Å². The van der Waals surface area contributed by atoms with Crippen LogP contribution < -0.4 is 5.32 Å². The van der Waals surface area contributed by atoms with Crippen LogP contribution in [0.3, 0.4) is 0 Å². The zero-order chi connectivity index (χ0) is 11.5. The van der Waals surface area contributed by atoms with E-state index in [1.165, 1.54) is 24.9 Å². The number of likely N-dealkylation sites (tertiary alicyclic amines) is 1. The summed E-state index contributed by atoms with van der Waals surface area (Å²) in [6.07, 6.45) is 2.60. The van der Waals surface area contributed by atoms with Gasteiger partial charge in [-0.2, -0.15) is 0 Å². The number of aromatic nitrogens is 1. The second kappa shape index (κ2) is 6.38. The van der Waals surface area contributed by atoms with Crippen LogP contribution in [0, 0.1) is 13.8 Å². The highest BCUT2D eigenvalue weighted by Crippen LogP contribution is 2.22. The highest BCUT2D eigenvalue weighted by molar-refractivity contribution is 5.85. The summed E-state index contributed by atoms with van der Waals surface area (Å²) in [6.45, 7) is 7.26. The minimum Gasteiger partial charge on any atom is -0.361 e. The molecule has 0 bridgehead atoms. The van der Waals surface area contributed by atoms with E-state index in [2.05, 4.69) is 15.4 Å². The molecule has 0 saturated carbocycles. The van der Waals surface area contributed by atoms with Crippen molar-refractivity contribution < 1.29 is 4.52 Å². The number of hydrogen-bond acceptors (Lipinski definition) is 4. The van der Waals surface area contributed by atoms with Crippen molar-refractivity contribution in [1.29, 1.82) is 0 Å². The molecule has 1 fully saturated rings. The van der Waals surface area contributed by atoms with E-state index in [-0.39, 0.29) is 12.4 Å². The fourth-order valence-electron chi connectivity index (χ4n) is 2.50. The predicted molar refractivity (Wildman–Crippen MR) is 70.6 cm³/mol. The molecule has 0 radical (unpaired) electrons. The zero-order valence-corrected chi connectivity index (χ0v) is 11.6. The third-order valence-electron chi connectivity index (χ3n) is 3.48. The lowest BCUT2D eigenvalue weighted by atomic mass is 10.1. The van der Waals surface area contributed by atoms with Gasteiger partial charge in [-0.3, -0.25) is 4.90 Å². The normalized spacial score (nSPS) is 20.5. The van der Waals surface area contributed by atoms with Crippen molar-refractivity contribution in [2.75, 3.05) is 20.1 Å². The first-order chi connectivity index (χ1) is 7.72. The topological polar surface area (TPSA) is 41.3 Å². The summed E-state index contributed by atoms with van der Waals surface area (Å²) in [5, 5.41) is 7.28. The Morgan fingerprint density at radius 1 is 1.47 bits per heavy atom. The van der Waals surface area contributed by atoms with Crippen LogP contribution in [-0.2, 0) is 6.54 Å². The Kier molecular flexibility index (Phi) is 5.43. The Hall–Kier alpha value is -0.580. The van der Waals surface area contributed by atoms with Crippen LogP contribution in [0.15, 0.2) is 4.52 Å². The Balaban J connectivity index is 0.00000144. The lowest BCUT2D eigenvalue weighted by Crippen LogP contribution is -2.36. The van der Waals surface area contributed by atoms with Crippen molar-refractivity contribution in [3.05, 3.63) is 17.0 Å². The molecule has 0 amide bonds. The SMILES string of the molecule is CNCC1CCCN1Cc1c(C)noc1C.Cl. The van der Waals surface area contributed by atoms with Crippen LogP contribution in [0.4, 0.5) is 0 Å². The van der Waals surface area contributed by atoms with Crippen molar-refractivity contribution in [3.63, 3.8) is 0 Å². The van der Waals surface area contributed by atoms with E-state index in [4.69, 9.17) is 4.52 Å². The van der Waals surface area contributed by atoms with Gasteiger partial charge in [0.2, 0.25) is 0 Å². The summed E-state index contributed by atoms with van der Waals surface area (Å²) in [4.78, 5) is 2.53. The summed E-state index contributed by atoms with van der Waals surface area (Å²) >= 11 is 0. The van der Waals surface area contributed by atoms with Gasteiger partial charge >= 0.3 is 0 Å². The molecule has 98 valence electrons. The van der Waals surface area contributed by atoms with Gasteiger partial charge in [-0.05, 0) is 40.3 Å². The predicted octanol–water partition coefficient (Wildman–Crippen LogP) is 1.90. The second-order valence-corrected chi connectivity index (χ2v) is 4.63. The van der Waals surface area contributed by atoms with Crippen LogP contribution in [0.1, 0.15) is 29.9 Å². The fraction of sp³-hybridized carbons (Fsp3) is 0.750. The molecule has 1 aliphatic heterocycles. The van der Waals surface area contributed by atoms with Crippen LogP contribution in [0.25, 0.3) is 0 Å². The van der Waals surface area contributed by atoms with Crippen LogP contribution in [0.5, 0.6) is 0 Å². The maximum atomic E-state index is 5.21. The third-order valence-corrected chi connectivity index (χ3v) is 3.48. The second-order valence-electron chi connectivity index (χ2n) is 4.63. The van der Waals surface area contributed by atoms with E-state index in [1.807, 2.05) is 20.9 Å². The van der Waals surface area contributed by atoms with Crippen LogP contribution in [-0.4, -0.2) is 36.2 Å². The maximum Gasteiger partial charge on any atom is 0.138 e. The Morgan fingerprint density at radius 2 is 2.24 bits per heavy atom. The monoisotopic (exact) mass is 259 g/mol. The highest BCUT2D eigenvalue weighted by atomic mass is 35.5. The first-order valence-electron chi connectivity index (χ1n) is 6.02. The van der Waals surface area contributed by atoms with Gasteiger partial charge in [0.1, 0.15) is 5.76 Å². The number of hydrogen-bond donors (Lipinski definition) is 1. The molecule has 1 aromatic heterocycles. The molecule has 4 nitrogen and oxygen atoms in total. The molecule has 1 unspecified atom stereocenters. The molecule has 0 spiro atoms. The Labute approximate surface area is 109 Å².